The van der Waals surface area contributed by atoms with Crippen LogP contribution in [0.15, 0.2) is 28.0 Å². The van der Waals surface area contributed by atoms with Crippen LogP contribution in [0.25, 0.3) is 0 Å². The van der Waals surface area contributed by atoms with E-state index in [1.807, 2.05) is 0 Å². The smallest absolute Gasteiger partial charge is 0.337 e. The Morgan fingerprint density at radius 3 is 1.77 bits per heavy atom. The predicted molar refractivity (Wildman–Crippen MR) is 79.5 cm³/mol. The fourth-order valence-electron chi connectivity index (χ4n) is 1.56. The van der Waals surface area contributed by atoms with E-state index in [2.05, 4.69) is 4.74 Å². The van der Waals surface area contributed by atoms with Gasteiger partial charge in [0.15, 0.2) is 0 Å². The van der Waals surface area contributed by atoms with Crippen molar-refractivity contribution in [2.75, 3.05) is 35.3 Å². The summed E-state index contributed by atoms with van der Waals surface area (Å²) in [5.74, 6) is -0.760. The lowest BCUT2D eigenvalue weighted by Gasteiger charge is -2.18. The Bertz CT molecular complexity index is 782. The number of ether oxygens (including phenoxy) is 1. The molecule has 0 heterocycles. The molecule has 0 aromatic heterocycles. The van der Waals surface area contributed by atoms with Crippen molar-refractivity contribution in [2.24, 2.45) is 0 Å². The summed E-state index contributed by atoms with van der Waals surface area (Å²) in [7, 11) is -1.81. The number of benzene rings is 1. The lowest BCUT2D eigenvalue weighted by Crippen LogP contribution is -2.28. The van der Waals surface area contributed by atoms with Crippen molar-refractivity contribution >= 4 is 26.0 Å². The first-order valence-electron chi connectivity index (χ1n) is 6.03. The highest BCUT2D eigenvalue weighted by Gasteiger charge is 2.30. The topological polar surface area (TPSA) is 101 Å². The summed E-state index contributed by atoms with van der Waals surface area (Å²) < 4.78 is 55.7. The summed E-state index contributed by atoms with van der Waals surface area (Å²) in [4.78, 5) is 10.7. The minimum Gasteiger partial charge on any atom is -0.465 e. The summed E-state index contributed by atoms with van der Waals surface area (Å²) in [6.07, 6.45) is 0. The number of methoxy groups -OCH3 is 1. The van der Waals surface area contributed by atoms with Crippen LogP contribution in [0, 0.1) is 0 Å². The standard InChI is InChI=1S/C12H18N2O6S2/c1-13(2)21(16,17)10-7-6-9(12(15)20-5)8-11(10)22(18,19)14(3)4/h6-8H,1-5H3. The van der Waals surface area contributed by atoms with Crippen LogP contribution in [0.4, 0.5) is 0 Å². The maximum Gasteiger partial charge on any atom is 0.337 e. The number of rotatable bonds is 5. The number of hydrogen-bond donors (Lipinski definition) is 0. The van der Waals surface area contributed by atoms with E-state index in [0.29, 0.717) is 0 Å². The van der Waals surface area contributed by atoms with Gasteiger partial charge in [0.1, 0.15) is 9.79 Å². The minimum absolute atomic E-state index is 0.0550. The van der Waals surface area contributed by atoms with Gasteiger partial charge in [-0.15, -0.1) is 0 Å². The second-order valence-electron chi connectivity index (χ2n) is 4.73. The van der Waals surface area contributed by atoms with E-state index < -0.39 is 35.8 Å². The summed E-state index contributed by atoms with van der Waals surface area (Å²) in [6, 6.07) is 3.28. The van der Waals surface area contributed by atoms with E-state index >= 15 is 0 Å². The molecule has 0 unspecified atom stereocenters. The summed E-state index contributed by atoms with van der Waals surface area (Å²) in [5, 5.41) is 0. The molecule has 0 atom stereocenters. The van der Waals surface area contributed by atoms with E-state index in [4.69, 9.17) is 0 Å². The van der Waals surface area contributed by atoms with Crippen molar-refractivity contribution in [2.45, 2.75) is 9.79 Å². The van der Waals surface area contributed by atoms with Gasteiger partial charge in [-0.1, -0.05) is 0 Å². The highest BCUT2D eigenvalue weighted by Crippen LogP contribution is 2.26. The van der Waals surface area contributed by atoms with Crippen LogP contribution in [0.3, 0.4) is 0 Å². The van der Waals surface area contributed by atoms with Crippen LogP contribution in [0.1, 0.15) is 10.4 Å². The number of hydrogen-bond acceptors (Lipinski definition) is 6. The molecule has 0 amide bonds. The van der Waals surface area contributed by atoms with Crippen molar-refractivity contribution in [3.8, 4) is 0 Å². The Morgan fingerprint density at radius 2 is 1.36 bits per heavy atom. The van der Waals surface area contributed by atoms with E-state index in [-0.39, 0.29) is 5.56 Å². The molecule has 0 aliphatic rings. The first-order valence-corrected chi connectivity index (χ1v) is 8.91. The molecule has 22 heavy (non-hydrogen) atoms. The van der Waals surface area contributed by atoms with Gasteiger partial charge in [0, 0.05) is 28.2 Å². The van der Waals surface area contributed by atoms with Gasteiger partial charge in [-0.05, 0) is 18.2 Å². The lowest BCUT2D eigenvalue weighted by molar-refractivity contribution is 0.0600. The van der Waals surface area contributed by atoms with Crippen LogP contribution in [-0.4, -0.2) is 66.7 Å². The van der Waals surface area contributed by atoms with Crippen molar-refractivity contribution in [3.63, 3.8) is 0 Å². The zero-order chi connectivity index (χ0) is 17.3. The van der Waals surface area contributed by atoms with E-state index in [9.17, 15) is 21.6 Å². The first kappa shape index (κ1) is 18.6. The van der Waals surface area contributed by atoms with Gasteiger partial charge >= 0.3 is 5.97 Å². The number of sulfonamides is 2. The van der Waals surface area contributed by atoms with Gasteiger partial charge in [0.05, 0.1) is 12.7 Å². The Kier molecular flexibility index (Phi) is 5.34. The van der Waals surface area contributed by atoms with E-state index in [1.54, 1.807) is 0 Å². The largest absolute Gasteiger partial charge is 0.465 e. The minimum atomic E-state index is -4.07. The highest BCUT2D eigenvalue weighted by molar-refractivity contribution is 7.92. The van der Waals surface area contributed by atoms with Gasteiger partial charge in [-0.2, -0.15) is 0 Å². The molecule has 0 aliphatic heterocycles. The fourth-order valence-corrected chi connectivity index (χ4v) is 4.13. The Hall–Kier alpha value is -1.49. The molecule has 1 aromatic rings. The molecule has 0 N–H and O–H groups in total. The highest BCUT2D eigenvalue weighted by atomic mass is 32.2. The molecule has 8 nitrogen and oxygen atoms in total. The molecule has 0 saturated carbocycles. The molecule has 1 rings (SSSR count). The maximum atomic E-state index is 12.4. The molecule has 0 saturated heterocycles. The third-order valence-electron chi connectivity index (χ3n) is 2.88. The van der Waals surface area contributed by atoms with Gasteiger partial charge in [0.2, 0.25) is 20.0 Å². The summed E-state index contributed by atoms with van der Waals surface area (Å²) in [5.41, 5.74) is -0.0550. The summed E-state index contributed by atoms with van der Waals surface area (Å²) in [6.45, 7) is 0. The second-order valence-corrected chi connectivity index (χ2v) is 8.97. The van der Waals surface area contributed by atoms with Crippen molar-refractivity contribution in [1.29, 1.82) is 0 Å². The molecule has 10 heteroatoms. The summed E-state index contributed by atoms with van der Waals surface area (Å²) >= 11 is 0. The zero-order valence-electron chi connectivity index (χ0n) is 12.9. The zero-order valence-corrected chi connectivity index (χ0v) is 14.5. The van der Waals surface area contributed by atoms with Crippen LogP contribution in [-0.2, 0) is 24.8 Å². The van der Waals surface area contributed by atoms with Crippen LogP contribution >= 0.6 is 0 Å². The average Bonchev–Trinajstić information content (AvgIpc) is 2.45. The van der Waals surface area contributed by atoms with Crippen LogP contribution < -0.4 is 0 Å². The first-order chi connectivity index (χ1) is 9.96. The van der Waals surface area contributed by atoms with Crippen molar-refractivity contribution in [3.05, 3.63) is 23.8 Å². The van der Waals surface area contributed by atoms with Crippen molar-refractivity contribution in [1.82, 2.24) is 8.61 Å². The Morgan fingerprint density at radius 1 is 0.909 bits per heavy atom. The normalized spacial score (nSPS) is 12.7. The quantitative estimate of drug-likeness (QED) is 0.692. The molecular weight excluding hydrogens is 332 g/mol. The monoisotopic (exact) mass is 350 g/mol. The van der Waals surface area contributed by atoms with Crippen LogP contribution in [0.5, 0.6) is 0 Å². The molecule has 1 aromatic carbocycles. The Labute approximate surface area is 130 Å². The number of carbonyl (C=O) groups excluding carboxylic acids is 1. The van der Waals surface area contributed by atoms with Crippen LogP contribution in [0.2, 0.25) is 0 Å². The van der Waals surface area contributed by atoms with Gasteiger partial charge in [0.25, 0.3) is 0 Å². The second kappa shape index (κ2) is 6.32. The molecule has 0 radical (unpaired) electrons. The third kappa shape index (κ3) is 3.29. The maximum absolute atomic E-state index is 12.4. The van der Waals surface area contributed by atoms with Gasteiger partial charge in [-0.3, -0.25) is 0 Å². The Balaban J connectivity index is 3.78. The number of carbonyl (C=O) groups is 1. The van der Waals surface area contributed by atoms with E-state index in [0.717, 1.165) is 27.9 Å². The van der Waals surface area contributed by atoms with E-state index in [1.165, 1.54) is 34.3 Å². The molecular formula is C12H18N2O6S2. The number of esters is 1. The molecule has 0 fully saturated rings. The molecule has 0 bridgehead atoms. The third-order valence-corrected chi connectivity index (χ3v) is 6.74. The van der Waals surface area contributed by atoms with Gasteiger partial charge < -0.3 is 4.74 Å². The van der Waals surface area contributed by atoms with Gasteiger partial charge in [-0.25, -0.2) is 30.2 Å². The fraction of sp³-hybridized carbons (Fsp3) is 0.417. The van der Waals surface area contributed by atoms with Crippen molar-refractivity contribution < 1.29 is 26.4 Å². The number of nitrogens with zero attached hydrogens (tertiary/aromatic N) is 2. The molecule has 0 aliphatic carbocycles. The molecule has 0 spiro atoms. The average molecular weight is 350 g/mol. The predicted octanol–water partition coefficient (Wildman–Crippen LogP) is -0.0262. The molecule has 124 valence electrons. The SMILES string of the molecule is COC(=O)c1ccc(S(=O)(=O)N(C)C)c(S(=O)(=O)N(C)C)c1. The lowest BCUT2D eigenvalue weighted by atomic mass is 10.2.